The van der Waals surface area contributed by atoms with Gasteiger partial charge in [-0.25, -0.2) is 0 Å². The van der Waals surface area contributed by atoms with Gasteiger partial charge >= 0.3 is 0 Å². The molecule has 0 unspecified atom stereocenters. The highest BCUT2D eigenvalue weighted by atomic mass is 35.5. The number of nitrogens with zero attached hydrogens (tertiary/aromatic N) is 2. The Bertz CT molecular complexity index is 528. The van der Waals surface area contributed by atoms with Crippen molar-refractivity contribution >= 4 is 23.2 Å². The predicted molar refractivity (Wildman–Crippen MR) is 104 cm³/mol. The lowest BCUT2D eigenvalue weighted by atomic mass is 9.88. The lowest BCUT2D eigenvalue weighted by molar-refractivity contribution is 0.0641. The van der Waals surface area contributed by atoms with E-state index < -0.39 is 0 Å². The molecule has 0 spiro atoms. The van der Waals surface area contributed by atoms with Crippen LogP contribution < -0.4 is 0 Å². The van der Waals surface area contributed by atoms with Crippen LogP contribution in [0.25, 0.3) is 0 Å². The van der Waals surface area contributed by atoms with Gasteiger partial charge in [-0.15, -0.1) is 0 Å². The topological polar surface area (TPSA) is 6.48 Å². The standard InChI is InChI=1S/C20H30Cl2N2/c1-2-23(14-11-16-9-10-17(21)18(22)15-16)19-7-3-4-8-20(19)24-12-5-6-13-24/h9-10,15,19-20H,2-8,11-14H2,1H3/t19-,20+/m0/s1. The lowest BCUT2D eigenvalue weighted by Crippen LogP contribution is -2.53. The quantitative estimate of drug-likeness (QED) is 0.674. The molecule has 3 rings (SSSR count). The maximum absolute atomic E-state index is 6.17. The van der Waals surface area contributed by atoms with Gasteiger partial charge in [-0.3, -0.25) is 9.80 Å². The average Bonchev–Trinajstić information content (AvgIpc) is 3.13. The van der Waals surface area contributed by atoms with Crippen LogP contribution in [0.4, 0.5) is 0 Å². The van der Waals surface area contributed by atoms with Gasteiger partial charge in [0.15, 0.2) is 0 Å². The van der Waals surface area contributed by atoms with Crippen molar-refractivity contribution in [3.63, 3.8) is 0 Å². The van der Waals surface area contributed by atoms with E-state index in [1.54, 1.807) is 0 Å². The summed E-state index contributed by atoms with van der Waals surface area (Å²) in [6, 6.07) is 7.56. The van der Waals surface area contributed by atoms with Gasteiger partial charge in [0, 0.05) is 18.6 Å². The highest BCUT2D eigenvalue weighted by Crippen LogP contribution is 2.30. The van der Waals surface area contributed by atoms with E-state index in [-0.39, 0.29) is 0 Å². The Kier molecular flexibility index (Phi) is 6.86. The zero-order chi connectivity index (χ0) is 16.9. The van der Waals surface area contributed by atoms with Crippen LogP contribution in [-0.4, -0.2) is 48.1 Å². The first-order valence-electron chi connectivity index (χ1n) is 9.61. The van der Waals surface area contributed by atoms with Crippen LogP contribution >= 0.6 is 23.2 Å². The van der Waals surface area contributed by atoms with E-state index in [1.165, 1.54) is 57.2 Å². The van der Waals surface area contributed by atoms with E-state index in [9.17, 15) is 0 Å². The van der Waals surface area contributed by atoms with Crippen molar-refractivity contribution < 1.29 is 0 Å². The molecule has 4 heteroatoms. The molecule has 0 bridgehead atoms. The summed E-state index contributed by atoms with van der Waals surface area (Å²) in [5, 5.41) is 1.32. The Morgan fingerprint density at radius 1 is 1.04 bits per heavy atom. The van der Waals surface area contributed by atoms with Crippen LogP contribution in [0.15, 0.2) is 18.2 Å². The molecule has 0 aromatic heterocycles. The largest absolute Gasteiger partial charge is 0.299 e. The fraction of sp³-hybridized carbons (Fsp3) is 0.700. The molecular weight excluding hydrogens is 339 g/mol. The van der Waals surface area contributed by atoms with Crippen molar-refractivity contribution in [2.75, 3.05) is 26.2 Å². The first-order valence-corrected chi connectivity index (χ1v) is 10.4. The summed E-state index contributed by atoms with van der Waals surface area (Å²) in [7, 11) is 0. The third-order valence-electron chi connectivity index (χ3n) is 5.85. The fourth-order valence-electron chi connectivity index (χ4n) is 4.54. The molecule has 1 saturated heterocycles. The Labute approximate surface area is 157 Å². The number of benzene rings is 1. The Hall–Kier alpha value is -0.280. The number of likely N-dealkylation sites (tertiary alicyclic amines) is 1. The molecule has 1 saturated carbocycles. The second kappa shape index (κ2) is 8.89. The van der Waals surface area contributed by atoms with Crippen molar-refractivity contribution in [3.05, 3.63) is 33.8 Å². The molecule has 1 heterocycles. The second-order valence-corrected chi connectivity index (χ2v) is 8.10. The molecular formula is C20H30Cl2N2. The monoisotopic (exact) mass is 368 g/mol. The molecule has 0 amide bonds. The summed E-state index contributed by atoms with van der Waals surface area (Å²) in [5.41, 5.74) is 1.29. The minimum absolute atomic E-state index is 0.647. The number of halogens is 2. The molecule has 134 valence electrons. The van der Waals surface area contributed by atoms with E-state index in [1.807, 2.05) is 12.1 Å². The highest BCUT2D eigenvalue weighted by Gasteiger charge is 2.34. The SMILES string of the molecule is CCN(CCc1ccc(Cl)c(Cl)c1)[C@H]1CCCC[C@H]1N1CCCC1. The third kappa shape index (κ3) is 4.46. The molecule has 1 aliphatic carbocycles. The van der Waals surface area contributed by atoms with Crippen molar-refractivity contribution in [2.24, 2.45) is 0 Å². The second-order valence-electron chi connectivity index (χ2n) is 7.29. The Balaban J connectivity index is 1.63. The van der Waals surface area contributed by atoms with Gasteiger partial charge in [-0.2, -0.15) is 0 Å². The van der Waals surface area contributed by atoms with Gasteiger partial charge in [0.05, 0.1) is 10.0 Å². The minimum Gasteiger partial charge on any atom is -0.299 e. The van der Waals surface area contributed by atoms with E-state index >= 15 is 0 Å². The van der Waals surface area contributed by atoms with Crippen LogP contribution in [0.3, 0.4) is 0 Å². The average molecular weight is 369 g/mol. The minimum atomic E-state index is 0.647. The van der Waals surface area contributed by atoms with Crippen LogP contribution in [0, 0.1) is 0 Å². The molecule has 2 atom stereocenters. The van der Waals surface area contributed by atoms with Gasteiger partial charge in [0.2, 0.25) is 0 Å². The van der Waals surface area contributed by atoms with Crippen LogP contribution in [0.1, 0.15) is 51.0 Å². The molecule has 2 nitrogen and oxygen atoms in total. The van der Waals surface area contributed by atoms with Crippen LogP contribution in [-0.2, 0) is 6.42 Å². The summed E-state index contributed by atoms with van der Waals surface area (Å²) < 4.78 is 0. The lowest BCUT2D eigenvalue weighted by Gasteiger charge is -2.43. The molecule has 24 heavy (non-hydrogen) atoms. The van der Waals surface area contributed by atoms with Gasteiger partial charge in [-0.05, 0) is 69.4 Å². The molecule has 0 N–H and O–H groups in total. The molecule has 1 aromatic carbocycles. The number of hydrogen-bond donors (Lipinski definition) is 0. The van der Waals surface area contributed by atoms with Crippen molar-refractivity contribution in [3.8, 4) is 0 Å². The maximum Gasteiger partial charge on any atom is 0.0595 e. The first kappa shape index (κ1) is 18.5. The van der Waals surface area contributed by atoms with E-state index in [2.05, 4.69) is 22.8 Å². The molecule has 1 aromatic rings. The molecule has 1 aliphatic heterocycles. The third-order valence-corrected chi connectivity index (χ3v) is 6.59. The summed E-state index contributed by atoms with van der Waals surface area (Å²) in [6.07, 6.45) is 9.36. The van der Waals surface area contributed by atoms with Gasteiger partial charge in [-0.1, -0.05) is 49.0 Å². The Morgan fingerprint density at radius 2 is 1.79 bits per heavy atom. The Morgan fingerprint density at radius 3 is 2.50 bits per heavy atom. The zero-order valence-corrected chi connectivity index (χ0v) is 16.3. The van der Waals surface area contributed by atoms with Crippen molar-refractivity contribution in [2.45, 2.75) is 64.0 Å². The maximum atomic E-state index is 6.17. The first-order chi connectivity index (χ1) is 11.7. The predicted octanol–water partition coefficient (Wildman–Crippen LogP) is 5.26. The zero-order valence-electron chi connectivity index (χ0n) is 14.8. The summed E-state index contributed by atoms with van der Waals surface area (Å²) >= 11 is 12.2. The number of hydrogen-bond acceptors (Lipinski definition) is 2. The van der Waals surface area contributed by atoms with E-state index in [0.717, 1.165) is 31.6 Å². The van der Waals surface area contributed by atoms with Gasteiger partial charge in [0.1, 0.15) is 0 Å². The van der Waals surface area contributed by atoms with Gasteiger partial charge in [0.25, 0.3) is 0 Å². The number of likely N-dealkylation sites (N-methyl/N-ethyl adjacent to an activating group) is 1. The van der Waals surface area contributed by atoms with Crippen molar-refractivity contribution in [1.82, 2.24) is 9.80 Å². The number of rotatable bonds is 6. The highest BCUT2D eigenvalue weighted by molar-refractivity contribution is 6.42. The normalized spacial score (nSPS) is 25.5. The molecule has 0 radical (unpaired) electrons. The fourth-order valence-corrected chi connectivity index (χ4v) is 4.86. The summed E-state index contributed by atoms with van der Waals surface area (Å²) in [6.45, 7) is 7.18. The van der Waals surface area contributed by atoms with E-state index in [0.29, 0.717) is 10.0 Å². The summed E-state index contributed by atoms with van der Waals surface area (Å²) in [4.78, 5) is 5.48. The van der Waals surface area contributed by atoms with Crippen LogP contribution in [0.5, 0.6) is 0 Å². The van der Waals surface area contributed by atoms with Crippen molar-refractivity contribution in [1.29, 1.82) is 0 Å². The van der Waals surface area contributed by atoms with E-state index in [4.69, 9.17) is 23.2 Å². The molecule has 2 fully saturated rings. The molecule has 2 aliphatic rings. The van der Waals surface area contributed by atoms with Crippen LogP contribution in [0.2, 0.25) is 10.0 Å². The summed E-state index contributed by atoms with van der Waals surface area (Å²) in [5.74, 6) is 0. The van der Waals surface area contributed by atoms with Gasteiger partial charge < -0.3 is 0 Å². The smallest absolute Gasteiger partial charge is 0.0595 e.